The summed E-state index contributed by atoms with van der Waals surface area (Å²) in [6.07, 6.45) is -56.0. The van der Waals surface area contributed by atoms with E-state index in [1.54, 1.807) is 0 Å². The molecule has 0 radical (unpaired) electrons. The molecular weight excluding hydrogens is 1760 g/mol. The summed E-state index contributed by atoms with van der Waals surface area (Å²) in [6, 6.07) is -15.3. The number of halogens is 4. The third-order valence-corrected chi connectivity index (χ3v) is 19.7. The quantitative estimate of drug-likeness (QED) is 0.0126. The number of carbonyl (C=O) groups is 6. The number of hydrogen-bond donors (Lipinski definition) is 6. The van der Waals surface area contributed by atoms with Crippen LogP contribution in [0.2, 0.25) is 0 Å². The van der Waals surface area contributed by atoms with Crippen LogP contribution in [0.5, 0.6) is 0 Å². The monoisotopic (exact) mass is 1830 g/mol. The van der Waals surface area contributed by atoms with Gasteiger partial charge in [-0.1, -0.05) is 61.4 Å². The van der Waals surface area contributed by atoms with Crippen molar-refractivity contribution in [3.8, 4) is 0 Å². The Labute approximate surface area is 709 Å². The minimum atomic E-state index is -4.41. The van der Waals surface area contributed by atoms with Gasteiger partial charge in [-0.3, -0.25) is 28.8 Å². The van der Waals surface area contributed by atoms with Crippen LogP contribution in [0.15, 0.2) is 61.4 Å². The molecule has 2 saturated carbocycles. The number of hydrogen-bond acceptors (Lipinski definition) is 42. The van der Waals surface area contributed by atoms with Crippen LogP contribution in [0.3, 0.4) is 0 Å². The third-order valence-electron chi connectivity index (χ3n) is 19.7. The molecule has 36 atom stereocenters. The van der Waals surface area contributed by atoms with Gasteiger partial charge in [-0.2, -0.15) is 0 Å². The topological polar surface area (TPSA) is 975 Å². The van der Waals surface area contributed by atoms with Crippen molar-refractivity contribution < 1.29 is 162 Å². The van der Waals surface area contributed by atoms with Gasteiger partial charge in [0.2, 0.25) is 0 Å². The summed E-state index contributed by atoms with van der Waals surface area (Å²) >= 11 is 0. The Balaban J connectivity index is 0.000000365. The Hall–Kier alpha value is -12.5. The van der Waals surface area contributed by atoms with Crippen molar-refractivity contribution in [2.75, 3.05) is 39.4 Å². The Morgan fingerprint density at radius 3 is 1.23 bits per heavy atom. The first-order valence-corrected chi connectivity index (χ1v) is 37.0. The Morgan fingerprint density at radius 2 is 0.711 bits per heavy atom. The predicted molar refractivity (Wildman–Crippen MR) is 391 cm³/mol. The smallest absolute Gasteiger partial charge is 0.303 e. The number of aliphatic hydroxyl groups is 6. The highest BCUT2D eigenvalue weighted by molar-refractivity contribution is 5.68. The summed E-state index contributed by atoms with van der Waals surface area (Å²) in [7, 11) is 0. The highest BCUT2D eigenvalue weighted by atomic mass is 19.3. The maximum Gasteiger partial charge on any atom is 0.303 e. The summed E-state index contributed by atoms with van der Waals surface area (Å²) in [5, 5.41) is 105. The first kappa shape index (κ1) is 103. The van der Waals surface area contributed by atoms with Crippen molar-refractivity contribution in [1.82, 2.24) is 0 Å². The number of carbonyl (C=O) groups excluding carboxylic acids is 6. The van der Waals surface area contributed by atoms with E-state index in [2.05, 4.69) is 120 Å². The molecule has 2 aliphatic carbocycles. The van der Waals surface area contributed by atoms with E-state index in [0.29, 0.717) is 0 Å². The number of rotatable bonds is 36. The van der Waals surface area contributed by atoms with E-state index in [9.17, 15) is 87.1 Å². The second kappa shape index (κ2) is 47.9. The summed E-state index contributed by atoms with van der Waals surface area (Å²) in [5.74, 6) is -15.1. The molecule has 70 heteroatoms. The van der Waals surface area contributed by atoms with Crippen LogP contribution in [0.1, 0.15) is 54.4 Å². The fourth-order valence-corrected chi connectivity index (χ4v) is 14.5. The van der Waals surface area contributed by atoms with Crippen molar-refractivity contribution in [2.24, 2.45) is 61.4 Å². The number of ether oxygens (including phenoxy) is 18. The van der Waals surface area contributed by atoms with E-state index in [4.69, 9.17) is 124 Å². The highest BCUT2D eigenvalue weighted by Crippen LogP contribution is 2.46. The van der Waals surface area contributed by atoms with E-state index < -0.39 is 320 Å². The van der Waals surface area contributed by atoms with Gasteiger partial charge in [0.05, 0.1) is 93.6 Å². The second-order valence-corrected chi connectivity index (χ2v) is 27.8. The van der Waals surface area contributed by atoms with Crippen LogP contribution >= 0.6 is 0 Å². The zero-order chi connectivity index (χ0) is 94.6. The van der Waals surface area contributed by atoms with Crippen LogP contribution in [0.4, 0.5) is 17.6 Å². The second-order valence-electron chi connectivity index (χ2n) is 27.8. The minimum Gasteiger partial charge on any atom is -0.463 e. The van der Waals surface area contributed by atoms with E-state index in [0.717, 1.165) is 41.5 Å². The Bertz CT molecular complexity index is 4580. The fourth-order valence-electron chi connectivity index (χ4n) is 14.5. The van der Waals surface area contributed by atoms with Gasteiger partial charge in [-0.05, 0) is 79.2 Å². The molecule has 6 saturated heterocycles. The van der Waals surface area contributed by atoms with Gasteiger partial charge < -0.3 is 116 Å². The van der Waals surface area contributed by atoms with Gasteiger partial charge in [-0.15, -0.1) is 0 Å². The molecule has 66 nitrogen and oxygen atoms in total. The third kappa shape index (κ3) is 25.3. The SMILES string of the molecule is CC(=O)OC[C@H]1O[C@@H](O[C@@H]2[C@@H](OC(C)=O)[C@H](N=[N+]=[N-])C[C@H](N=[N+]=[N-])[C@H]2O[C@H]2O[C@H](CN=[N+]=[N-])[C@@H](OC(C)=O)C(F)(F)[C@H]2N=[N+]=[N-])[C@H](OC(C)=O)[C@@H]1O[C@H]1O[C@@H](CN=[N+]=[N-])[C@@H](OC(C)=O)[C@H](OC(C)=O)[C@H]1N=[N+]=[N-].[N-]=[N+]=NC[C@@H]1O[C@H](O[C@H]2[C@@H](O)[C@H](O[C@@H]3[C@@H](O)[C@H](N=[N+]=[N-])C[C@H](N=[N+]=[N-])[C@H]3O[C@H]3O[C@H](CN=[N+]=[N-])[C@@H](O)C(F)(F)[C@H]3N=[N+]=[N-])O[C@@H]2CO)[C@H](N=[N+]=[N-])[C@@H](O)[C@@H]1O. The van der Waals surface area contributed by atoms with E-state index >= 15 is 17.6 Å². The lowest BCUT2D eigenvalue weighted by Crippen LogP contribution is -2.66. The van der Waals surface area contributed by atoms with Crippen molar-refractivity contribution in [3.05, 3.63) is 125 Å². The normalized spacial score (nSPS) is 37.5. The first-order valence-electron chi connectivity index (χ1n) is 37.0. The molecule has 0 unspecified atom stereocenters. The molecule has 8 aliphatic rings. The maximum atomic E-state index is 16.5. The van der Waals surface area contributed by atoms with Gasteiger partial charge >= 0.3 is 35.8 Å². The molecule has 0 amide bonds. The molecule has 6 N–H and O–H groups in total. The van der Waals surface area contributed by atoms with Crippen molar-refractivity contribution >= 4 is 35.8 Å². The summed E-state index contributed by atoms with van der Waals surface area (Å²) in [4.78, 5) is 106. The van der Waals surface area contributed by atoms with Gasteiger partial charge in [0.25, 0.3) is 11.8 Å². The summed E-state index contributed by atoms with van der Waals surface area (Å²) in [5.41, 5.74) is 111. The minimum absolute atomic E-state index is 0.510. The lowest BCUT2D eigenvalue weighted by Gasteiger charge is -2.48. The molecule has 0 spiro atoms. The Morgan fingerprint density at radius 1 is 0.328 bits per heavy atom. The highest BCUT2D eigenvalue weighted by Gasteiger charge is 2.66. The van der Waals surface area contributed by atoms with Crippen LogP contribution in [0, 0.1) is 0 Å². The molecule has 0 aromatic carbocycles. The zero-order valence-corrected chi connectivity index (χ0v) is 66.5. The maximum absolute atomic E-state index is 16.5. The average molecular weight is 1830 g/mol. The molecule has 128 heavy (non-hydrogen) atoms. The standard InChI is InChI=1S/C35H44F2N18O18.C23H32F2N18O12/c1-11(56)62-10-21-26(72-32-22(48-54-42)27(65-14(4)59)25(64-13(3)58)19(68-32)8-44-50-38)29(66-15(5)60)33(70-21)73-28-23(63-12(2)57)17(46-52-40)7-18(47-53-41)24(28)71-34-30(49-55-43)35(36,37)31(67-16(6)61)20(69-34)9-45-51-39;24-23(25)18(37-43-31)22(51-8(19(23)49)3-33-39-27)53-15-6(35-41-29)1-5(34-40-28)11(45)17(15)55-21-14(48)16(9(4-44)52-21)54-20-10(36-42-30)13(47)12(46)7(50-20)2-32-38-26/h17-34H,7-10H2,1-6H3;5-22,44-49H,1-4H2/t17-,18+,19+,20-,21-,22-,23+,24-,25-,26-,27-,28-,29-,30+,31-,32-,33+,34-;5-,6+,7+,8-,9-,10-,11+,12-,13-,14-,15-,16-,17-,18+,19-,20-,21+,22-/m11/s1. The molecule has 0 aromatic rings. The van der Waals surface area contributed by atoms with Crippen molar-refractivity contribution in [1.29, 1.82) is 0 Å². The predicted octanol–water partition coefficient (Wildman–Crippen LogP) is 4.40. The van der Waals surface area contributed by atoms with E-state index in [1.165, 1.54) is 0 Å². The molecular formula is C58H76F4N36O30. The number of azide groups is 12. The summed E-state index contributed by atoms with van der Waals surface area (Å²) < 4.78 is 166. The van der Waals surface area contributed by atoms with Crippen LogP contribution in [0.25, 0.3) is 125 Å². The first-order chi connectivity index (χ1) is 61.0. The molecule has 8 rings (SSSR count). The van der Waals surface area contributed by atoms with E-state index in [-0.39, 0.29) is 0 Å². The van der Waals surface area contributed by atoms with Crippen LogP contribution in [-0.4, -0.2) is 338 Å². The zero-order valence-electron chi connectivity index (χ0n) is 66.5. The van der Waals surface area contributed by atoms with Gasteiger partial charge in [-0.25, -0.2) is 17.6 Å². The lowest BCUT2D eigenvalue weighted by molar-refractivity contribution is -0.332. The largest absolute Gasteiger partial charge is 0.463 e. The Kier molecular flexibility index (Phi) is 38.4. The van der Waals surface area contributed by atoms with Gasteiger partial charge in [0.15, 0.2) is 74.2 Å². The molecule has 8 fully saturated rings. The van der Waals surface area contributed by atoms with Crippen LogP contribution in [-0.2, 0) is 114 Å². The number of aliphatic hydroxyl groups excluding tert-OH is 6. The molecule has 696 valence electrons. The van der Waals surface area contributed by atoms with Gasteiger partial charge in [0, 0.05) is 100 Å². The average Bonchev–Trinajstić information content (AvgIpc) is 1.64. The molecule has 0 bridgehead atoms. The van der Waals surface area contributed by atoms with E-state index in [1.807, 2.05) is 0 Å². The molecule has 6 aliphatic heterocycles. The van der Waals surface area contributed by atoms with Crippen molar-refractivity contribution in [2.45, 2.75) is 287 Å². The number of nitrogens with zero attached hydrogens (tertiary/aromatic N) is 36. The van der Waals surface area contributed by atoms with Gasteiger partial charge in [0.1, 0.15) is 91.9 Å². The molecule has 0 aromatic heterocycles. The number of alkyl halides is 4. The lowest BCUT2D eigenvalue weighted by atomic mass is 9.83. The summed E-state index contributed by atoms with van der Waals surface area (Å²) in [6.45, 7) is 0.667. The van der Waals surface area contributed by atoms with Crippen molar-refractivity contribution in [3.63, 3.8) is 0 Å². The number of esters is 6. The molecule has 6 heterocycles. The fraction of sp³-hybridized carbons (Fsp3) is 0.897. The van der Waals surface area contributed by atoms with Crippen LogP contribution < -0.4 is 0 Å².